The van der Waals surface area contributed by atoms with E-state index in [2.05, 4.69) is 0 Å². The summed E-state index contributed by atoms with van der Waals surface area (Å²) in [6.07, 6.45) is -0.718. The molecule has 0 radical (unpaired) electrons. The molecule has 1 aromatic carbocycles. The second kappa shape index (κ2) is 5.63. The largest absolute Gasteiger partial charge is 0.389 e. The first-order valence-electron chi connectivity index (χ1n) is 5.46. The fourth-order valence-electron chi connectivity index (χ4n) is 1.59. The zero-order valence-electron chi connectivity index (χ0n) is 9.98. The molecule has 17 heavy (non-hydrogen) atoms. The van der Waals surface area contributed by atoms with Crippen molar-refractivity contribution in [2.45, 2.75) is 20.0 Å². The third-order valence-electron chi connectivity index (χ3n) is 2.52. The highest BCUT2D eigenvalue weighted by Crippen LogP contribution is 2.23. The quantitative estimate of drug-likeness (QED) is 0.812. The Hall–Kier alpha value is -1.62. The van der Waals surface area contributed by atoms with Crippen molar-refractivity contribution in [3.05, 3.63) is 29.6 Å². The number of primary amides is 1. The second-order valence-corrected chi connectivity index (χ2v) is 3.87. The molecule has 1 atom stereocenters. The number of nitrogens with two attached hydrogens (primary N) is 1. The molecule has 4 nitrogen and oxygen atoms in total. The minimum atomic E-state index is -0.718. The molecule has 0 aliphatic carbocycles. The number of aliphatic hydroxyl groups is 1. The summed E-state index contributed by atoms with van der Waals surface area (Å²) in [6.45, 7) is 3.83. The van der Waals surface area contributed by atoms with E-state index in [0.29, 0.717) is 17.8 Å². The van der Waals surface area contributed by atoms with Gasteiger partial charge < -0.3 is 15.7 Å². The Bertz CT molecular complexity index is 407. The average Bonchev–Trinajstić information content (AvgIpc) is 2.25. The highest BCUT2D eigenvalue weighted by atomic mass is 19.1. The third-order valence-corrected chi connectivity index (χ3v) is 2.52. The van der Waals surface area contributed by atoms with Crippen LogP contribution < -0.4 is 10.6 Å². The average molecular weight is 240 g/mol. The Balaban J connectivity index is 3.00. The van der Waals surface area contributed by atoms with Crippen LogP contribution in [0.15, 0.2) is 18.2 Å². The number of aliphatic hydroxyl groups excluding tert-OH is 1. The molecule has 5 heteroatoms. The van der Waals surface area contributed by atoms with Gasteiger partial charge in [-0.2, -0.15) is 0 Å². The third kappa shape index (κ3) is 3.42. The van der Waals surface area contributed by atoms with Crippen molar-refractivity contribution in [2.75, 3.05) is 18.0 Å². The van der Waals surface area contributed by atoms with E-state index in [1.165, 1.54) is 6.07 Å². The zero-order chi connectivity index (χ0) is 13.0. The van der Waals surface area contributed by atoms with E-state index in [9.17, 15) is 14.3 Å². The van der Waals surface area contributed by atoms with E-state index in [4.69, 9.17) is 5.73 Å². The number of amides is 1. The van der Waals surface area contributed by atoms with Crippen molar-refractivity contribution in [3.63, 3.8) is 0 Å². The first kappa shape index (κ1) is 13.4. The highest BCUT2D eigenvalue weighted by Gasteiger charge is 2.13. The van der Waals surface area contributed by atoms with Gasteiger partial charge in [-0.15, -0.1) is 0 Å². The lowest BCUT2D eigenvalue weighted by molar-refractivity contribution is -0.116. The molecule has 0 saturated carbocycles. The number of nitrogens with zero attached hydrogens (tertiary/aromatic N) is 1. The van der Waals surface area contributed by atoms with Crippen molar-refractivity contribution in [3.8, 4) is 0 Å². The standard InChI is InChI=1S/C12H17FN2O2/c1-3-15(7-12(14)17)11-5-4-9(8(2)16)6-10(11)13/h4-6,8,16H,3,7H2,1-2H3,(H2,14,17)/t8-/m1/s1. The fourth-order valence-corrected chi connectivity index (χ4v) is 1.59. The maximum atomic E-state index is 13.8. The summed E-state index contributed by atoms with van der Waals surface area (Å²) in [5.41, 5.74) is 5.91. The highest BCUT2D eigenvalue weighted by molar-refractivity contribution is 5.79. The lowest BCUT2D eigenvalue weighted by atomic mass is 10.1. The van der Waals surface area contributed by atoms with Crippen molar-refractivity contribution in [1.29, 1.82) is 0 Å². The van der Waals surface area contributed by atoms with Crippen LogP contribution in [0.1, 0.15) is 25.5 Å². The molecule has 0 aromatic heterocycles. The number of likely N-dealkylation sites (N-methyl/N-ethyl adjacent to an activating group) is 1. The maximum Gasteiger partial charge on any atom is 0.236 e. The molecule has 0 saturated heterocycles. The summed E-state index contributed by atoms with van der Waals surface area (Å²) in [6, 6.07) is 4.44. The molecule has 1 rings (SSSR count). The summed E-state index contributed by atoms with van der Waals surface area (Å²) >= 11 is 0. The second-order valence-electron chi connectivity index (χ2n) is 3.87. The van der Waals surface area contributed by atoms with Gasteiger partial charge in [-0.1, -0.05) is 6.07 Å². The molecule has 0 spiro atoms. The Kier molecular flexibility index (Phi) is 4.45. The number of carbonyl (C=O) groups excluding carboxylic acids is 1. The van der Waals surface area contributed by atoms with Gasteiger partial charge in [0.25, 0.3) is 0 Å². The molecule has 0 fully saturated rings. The van der Waals surface area contributed by atoms with Crippen LogP contribution in [0, 0.1) is 5.82 Å². The molecule has 1 aromatic rings. The Morgan fingerprint density at radius 3 is 2.65 bits per heavy atom. The van der Waals surface area contributed by atoms with Crippen molar-refractivity contribution < 1.29 is 14.3 Å². The zero-order valence-corrected chi connectivity index (χ0v) is 9.98. The van der Waals surface area contributed by atoms with Gasteiger partial charge in [-0.3, -0.25) is 4.79 Å². The summed E-state index contributed by atoms with van der Waals surface area (Å²) in [5, 5.41) is 9.33. The summed E-state index contributed by atoms with van der Waals surface area (Å²) < 4.78 is 13.8. The van der Waals surface area contributed by atoms with Crippen LogP contribution in [0.2, 0.25) is 0 Å². The first-order valence-corrected chi connectivity index (χ1v) is 5.46. The monoisotopic (exact) mass is 240 g/mol. The minimum Gasteiger partial charge on any atom is -0.389 e. The van der Waals surface area contributed by atoms with Crippen LogP contribution in [-0.4, -0.2) is 24.1 Å². The Labute approximate surface area is 99.8 Å². The molecular formula is C12H17FN2O2. The lowest BCUT2D eigenvalue weighted by Gasteiger charge is -2.22. The number of hydrogen-bond donors (Lipinski definition) is 2. The van der Waals surface area contributed by atoms with Gasteiger partial charge >= 0.3 is 0 Å². The van der Waals surface area contributed by atoms with Crippen LogP contribution in [0.25, 0.3) is 0 Å². The molecule has 0 unspecified atom stereocenters. The summed E-state index contributed by atoms with van der Waals surface area (Å²) in [4.78, 5) is 12.4. The number of benzene rings is 1. The number of anilines is 1. The molecule has 0 bridgehead atoms. The van der Waals surface area contributed by atoms with Crippen LogP contribution in [0.3, 0.4) is 0 Å². The van der Waals surface area contributed by atoms with Gasteiger partial charge in [-0.25, -0.2) is 4.39 Å². The van der Waals surface area contributed by atoms with E-state index in [-0.39, 0.29) is 6.54 Å². The number of rotatable bonds is 5. The number of hydrogen-bond acceptors (Lipinski definition) is 3. The first-order chi connectivity index (χ1) is 7.95. The topological polar surface area (TPSA) is 66.6 Å². The fraction of sp³-hybridized carbons (Fsp3) is 0.417. The SMILES string of the molecule is CCN(CC(N)=O)c1ccc([C@@H](C)O)cc1F. The van der Waals surface area contributed by atoms with Gasteiger partial charge in [0, 0.05) is 6.54 Å². The Morgan fingerprint density at radius 2 is 2.24 bits per heavy atom. The molecule has 0 aliphatic heterocycles. The summed E-state index contributed by atoms with van der Waals surface area (Å²) in [7, 11) is 0. The molecule has 0 heterocycles. The van der Waals surface area contributed by atoms with E-state index in [1.807, 2.05) is 6.92 Å². The van der Waals surface area contributed by atoms with Crippen LogP contribution in [0.4, 0.5) is 10.1 Å². The molecule has 0 aliphatic rings. The molecule has 1 amide bonds. The minimum absolute atomic E-state index is 0.0263. The normalized spacial score (nSPS) is 12.2. The van der Waals surface area contributed by atoms with Crippen molar-refractivity contribution >= 4 is 11.6 Å². The van der Waals surface area contributed by atoms with E-state index >= 15 is 0 Å². The predicted octanol–water partition coefficient (Wildman–Crippen LogP) is 1.19. The number of halogens is 1. The Morgan fingerprint density at radius 1 is 1.59 bits per heavy atom. The van der Waals surface area contributed by atoms with Gasteiger partial charge in [0.1, 0.15) is 5.82 Å². The van der Waals surface area contributed by atoms with Crippen molar-refractivity contribution in [2.24, 2.45) is 5.73 Å². The van der Waals surface area contributed by atoms with Crippen LogP contribution in [-0.2, 0) is 4.79 Å². The van der Waals surface area contributed by atoms with Gasteiger partial charge in [0.05, 0.1) is 18.3 Å². The summed E-state index contributed by atoms with van der Waals surface area (Å²) in [5.74, 6) is -0.975. The molecule has 3 N–H and O–H groups in total. The molecule has 94 valence electrons. The maximum absolute atomic E-state index is 13.8. The van der Waals surface area contributed by atoms with Crippen LogP contribution in [0.5, 0.6) is 0 Å². The lowest BCUT2D eigenvalue weighted by Crippen LogP contribution is -2.34. The predicted molar refractivity (Wildman–Crippen MR) is 64.1 cm³/mol. The van der Waals surface area contributed by atoms with Gasteiger partial charge in [0.15, 0.2) is 0 Å². The van der Waals surface area contributed by atoms with Crippen LogP contribution >= 0.6 is 0 Å². The number of carbonyl (C=O) groups is 1. The molecular weight excluding hydrogens is 223 g/mol. The smallest absolute Gasteiger partial charge is 0.236 e. The van der Waals surface area contributed by atoms with Gasteiger partial charge in [0.2, 0.25) is 5.91 Å². The van der Waals surface area contributed by atoms with E-state index in [0.717, 1.165) is 0 Å². The van der Waals surface area contributed by atoms with Gasteiger partial charge in [-0.05, 0) is 31.5 Å². The van der Waals surface area contributed by atoms with E-state index in [1.54, 1.807) is 24.0 Å². The van der Waals surface area contributed by atoms with E-state index < -0.39 is 17.8 Å². The van der Waals surface area contributed by atoms with Crippen molar-refractivity contribution in [1.82, 2.24) is 0 Å².